The highest BCUT2D eigenvalue weighted by atomic mass is 16.5. The summed E-state index contributed by atoms with van der Waals surface area (Å²) >= 11 is 0. The lowest BCUT2D eigenvalue weighted by molar-refractivity contribution is 0.0522. The van der Waals surface area contributed by atoms with Gasteiger partial charge in [0.25, 0.3) is 0 Å². The predicted octanol–water partition coefficient (Wildman–Crippen LogP) is 4.17. The van der Waals surface area contributed by atoms with Crippen LogP contribution >= 0.6 is 0 Å². The van der Waals surface area contributed by atoms with E-state index in [4.69, 9.17) is 14.7 Å². The van der Waals surface area contributed by atoms with E-state index < -0.39 is 5.97 Å². The Hall–Kier alpha value is -3.39. The summed E-state index contributed by atoms with van der Waals surface area (Å²) < 4.78 is 11.0. The Bertz CT molecular complexity index is 1010. The fourth-order valence-electron chi connectivity index (χ4n) is 2.83. The highest BCUT2D eigenvalue weighted by molar-refractivity contribution is 5.98. The lowest BCUT2D eigenvalue weighted by Crippen LogP contribution is -2.14. The van der Waals surface area contributed by atoms with Gasteiger partial charge in [-0.3, -0.25) is 0 Å². The Morgan fingerprint density at radius 1 is 1.19 bits per heavy atom. The first-order valence-corrected chi connectivity index (χ1v) is 8.32. The molecule has 0 radical (unpaired) electrons. The first-order chi connectivity index (χ1) is 12.6. The molecule has 1 aromatic heterocycles. The summed E-state index contributed by atoms with van der Waals surface area (Å²) in [6.45, 7) is 4.05. The van der Waals surface area contributed by atoms with E-state index in [0.29, 0.717) is 22.6 Å². The molecule has 26 heavy (non-hydrogen) atoms. The zero-order chi connectivity index (χ0) is 18.5. The van der Waals surface area contributed by atoms with E-state index in [2.05, 4.69) is 11.1 Å². The second kappa shape index (κ2) is 7.66. The standard InChI is InChI=1S/C21H18N2O3/c1-3-25-21(24)20-14(2)17-9-4-5-10-18(17)23-19(20)13-26-16-8-6-7-15(11-16)12-22/h4-11H,3,13H2,1-2H3. The van der Waals surface area contributed by atoms with Crippen molar-refractivity contribution in [2.24, 2.45) is 0 Å². The van der Waals surface area contributed by atoms with Crippen molar-refractivity contribution in [3.05, 3.63) is 70.9 Å². The molecule has 0 amide bonds. The molecule has 5 heteroatoms. The quantitative estimate of drug-likeness (QED) is 0.648. The number of esters is 1. The average molecular weight is 346 g/mol. The van der Waals surface area contributed by atoms with Crippen molar-refractivity contribution in [3.8, 4) is 11.8 Å². The molecule has 3 rings (SSSR count). The molecule has 1 heterocycles. The number of carbonyl (C=O) groups excluding carboxylic acids is 1. The monoisotopic (exact) mass is 346 g/mol. The van der Waals surface area contributed by atoms with Gasteiger partial charge in [-0.05, 0) is 43.7 Å². The van der Waals surface area contributed by atoms with E-state index in [1.54, 1.807) is 31.2 Å². The highest BCUT2D eigenvalue weighted by Crippen LogP contribution is 2.25. The Morgan fingerprint density at radius 2 is 2.00 bits per heavy atom. The lowest BCUT2D eigenvalue weighted by atomic mass is 10.0. The van der Waals surface area contributed by atoms with Crippen LogP contribution in [0.25, 0.3) is 10.9 Å². The topological polar surface area (TPSA) is 72.2 Å². The van der Waals surface area contributed by atoms with Gasteiger partial charge in [-0.2, -0.15) is 5.26 Å². The van der Waals surface area contributed by atoms with Crippen molar-refractivity contribution in [2.45, 2.75) is 20.5 Å². The zero-order valence-corrected chi connectivity index (χ0v) is 14.7. The minimum absolute atomic E-state index is 0.106. The van der Waals surface area contributed by atoms with Gasteiger partial charge in [0.2, 0.25) is 0 Å². The van der Waals surface area contributed by atoms with E-state index in [-0.39, 0.29) is 13.2 Å². The maximum atomic E-state index is 12.5. The molecule has 0 fully saturated rings. The molecule has 130 valence electrons. The van der Waals surface area contributed by atoms with Gasteiger partial charge in [0.15, 0.2) is 0 Å². The van der Waals surface area contributed by atoms with Gasteiger partial charge in [-0.25, -0.2) is 9.78 Å². The fraction of sp³-hybridized carbons (Fsp3) is 0.190. The number of rotatable bonds is 5. The summed E-state index contributed by atoms with van der Waals surface area (Å²) in [5, 5.41) is 9.91. The van der Waals surface area contributed by atoms with Crippen LogP contribution in [0.5, 0.6) is 5.75 Å². The van der Waals surface area contributed by atoms with Crippen molar-refractivity contribution < 1.29 is 14.3 Å². The molecular weight excluding hydrogens is 328 g/mol. The number of aryl methyl sites for hydroxylation is 1. The minimum Gasteiger partial charge on any atom is -0.487 e. The summed E-state index contributed by atoms with van der Waals surface area (Å²) in [4.78, 5) is 17.1. The van der Waals surface area contributed by atoms with Crippen molar-refractivity contribution in [3.63, 3.8) is 0 Å². The lowest BCUT2D eigenvalue weighted by Gasteiger charge is -2.14. The van der Waals surface area contributed by atoms with Crippen molar-refractivity contribution in [2.75, 3.05) is 6.61 Å². The highest BCUT2D eigenvalue weighted by Gasteiger charge is 2.20. The molecule has 0 aliphatic rings. The molecule has 0 spiro atoms. The van der Waals surface area contributed by atoms with E-state index in [0.717, 1.165) is 16.5 Å². The maximum absolute atomic E-state index is 12.5. The van der Waals surface area contributed by atoms with Crippen LogP contribution in [0.4, 0.5) is 0 Å². The van der Waals surface area contributed by atoms with Crippen molar-refractivity contribution in [1.29, 1.82) is 5.26 Å². The molecule has 0 atom stereocenters. The van der Waals surface area contributed by atoms with Gasteiger partial charge in [0.05, 0.1) is 35.0 Å². The Kier molecular flexibility index (Phi) is 5.14. The van der Waals surface area contributed by atoms with Gasteiger partial charge in [-0.15, -0.1) is 0 Å². The smallest absolute Gasteiger partial charge is 0.340 e. The van der Waals surface area contributed by atoms with Crippen LogP contribution in [-0.4, -0.2) is 17.6 Å². The Balaban J connectivity index is 2.01. The third kappa shape index (κ3) is 3.50. The van der Waals surface area contributed by atoms with Gasteiger partial charge in [0.1, 0.15) is 12.4 Å². The number of carbonyl (C=O) groups is 1. The molecule has 5 nitrogen and oxygen atoms in total. The van der Waals surface area contributed by atoms with Gasteiger partial charge < -0.3 is 9.47 Å². The first kappa shape index (κ1) is 17.4. The molecule has 0 bridgehead atoms. The minimum atomic E-state index is -0.410. The summed E-state index contributed by atoms with van der Waals surface area (Å²) in [6.07, 6.45) is 0. The van der Waals surface area contributed by atoms with Crippen LogP contribution in [-0.2, 0) is 11.3 Å². The molecular formula is C21H18N2O3. The van der Waals surface area contributed by atoms with E-state index in [1.807, 2.05) is 31.2 Å². The van der Waals surface area contributed by atoms with E-state index >= 15 is 0 Å². The van der Waals surface area contributed by atoms with E-state index in [1.165, 1.54) is 0 Å². The summed E-state index contributed by atoms with van der Waals surface area (Å²) in [6, 6.07) is 16.6. The predicted molar refractivity (Wildman–Crippen MR) is 97.9 cm³/mol. The van der Waals surface area contributed by atoms with Gasteiger partial charge in [0, 0.05) is 5.39 Å². The zero-order valence-electron chi connectivity index (χ0n) is 14.7. The van der Waals surface area contributed by atoms with Crippen LogP contribution in [0, 0.1) is 18.3 Å². The molecule has 0 aliphatic heterocycles. The number of nitrogens with zero attached hydrogens (tertiary/aromatic N) is 2. The molecule has 3 aromatic rings. The molecule has 0 saturated carbocycles. The van der Waals surface area contributed by atoms with Crippen LogP contribution in [0.15, 0.2) is 48.5 Å². The molecule has 2 aromatic carbocycles. The van der Waals surface area contributed by atoms with Crippen LogP contribution in [0.2, 0.25) is 0 Å². The number of fused-ring (bicyclic) bond motifs is 1. The summed E-state index contributed by atoms with van der Waals surface area (Å²) in [7, 11) is 0. The molecule has 0 aliphatic carbocycles. The number of hydrogen-bond donors (Lipinski definition) is 0. The number of para-hydroxylation sites is 1. The number of benzene rings is 2. The number of pyridine rings is 1. The average Bonchev–Trinajstić information content (AvgIpc) is 2.66. The SMILES string of the molecule is CCOC(=O)c1c(COc2cccc(C#N)c2)nc2ccccc2c1C. The summed E-state index contributed by atoms with van der Waals surface area (Å²) in [5.41, 5.74) is 3.07. The first-order valence-electron chi connectivity index (χ1n) is 8.32. The van der Waals surface area contributed by atoms with Crippen molar-refractivity contribution >= 4 is 16.9 Å². The third-order valence-corrected chi connectivity index (χ3v) is 4.05. The number of nitriles is 1. The Morgan fingerprint density at radius 3 is 2.77 bits per heavy atom. The maximum Gasteiger partial charge on any atom is 0.340 e. The van der Waals surface area contributed by atoms with Crippen LogP contribution in [0.3, 0.4) is 0 Å². The second-order valence-corrected chi connectivity index (χ2v) is 5.72. The number of hydrogen-bond acceptors (Lipinski definition) is 5. The van der Waals surface area contributed by atoms with Crippen molar-refractivity contribution in [1.82, 2.24) is 4.98 Å². The van der Waals surface area contributed by atoms with E-state index in [9.17, 15) is 4.79 Å². The second-order valence-electron chi connectivity index (χ2n) is 5.72. The largest absolute Gasteiger partial charge is 0.487 e. The fourth-order valence-corrected chi connectivity index (χ4v) is 2.83. The van der Waals surface area contributed by atoms with Gasteiger partial charge in [-0.1, -0.05) is 24.3 Å². The molecule has 0 N–H and O–H groups in total. The number of ether oxygens (including phenoxy) is 2. The Labute approximate surface area is 151 Å². The molecule has 0 saturated heterocycles. The normalized spacial score (nSPS) is 10.3. The van der Waals surface area contributed by atoms with Crippen LogP contribution < -0.4 is 4.74 Å². The molecule has 0 unspecified atom stereocenters. The number of aromatic nitrogens is 1. The summed E-state index contributed by atoms with van der Waals surface area (Å²) in [5.74, 6) is 0.138. The van der Waals surface area contributed by atoms with Gasteiger partial charge >= 0.3 is 5.97 Å². The van der Waals surface area contributed by atoms with Crippen LogP contribution in [0.1, 0.15) is 34.1 Å². The third-order valence-electron chi connectivity index (χ3n) is 4.05.